The van der Waals surface area contributed by atoms with Crippen molar-refractivity contribution in [1.82, 2.24) is 5.32 Å². The Morgan fingerprint density at radius 3 is 2.81 bits per heavy atom. The molecular formula is C12H18N2OS. The minimum atomic E-state index is -0.530. The van der Waals surface area contributed by atoms with Crippen molar-refractivity contribution in [2.45, 2.75) is 25.9 Å². The van der Waals surface area contributed by atoms with Gasteiger partial charge in [-0.2, -0.15) is 12.6 Å². The van der Waals surface area contributed by atoms with Crippen molar-refractivity contribution in [2.75, 3.05) is 5.75 Å². The molecule has 0 aliphatic rings. The van der Waals surface area contributed by atoms with Gasteiger partial charge in [-0.3, -0.25) is 4.79 Å². The Kier molecular flexibility index (Phi) is 5.35. The lowest BCUT2D eigenvalue weighted by Crippen LogP contribution is -2.41. The third-order valence-electron chi connectivity index (χ3n) is 2.40. The van der Waals surface area contributed by atoms with Crippen LogP contribution in [0.15, 0.2) is 24.3 Å². The largest absolute Gasteiger partial charge is 0.351 e. The zero-order chi connectivity index (χ0) is 12.0. The number of thiol groups is 1. The van der Waals surface area contributed by atoms with Gasteiger partial charge in [0.15, 0.2) is 0 Å². The summed E-state index contributed by atoms with van der Waals surface area (Å²) >= 11 is 3.98. The van der Waals surface area contributed by atoms with E-state index in [1.54, 1.807) is 0 Å². The topological polar surface area (TPSA) is 55.1 Å². The van der Waals surface area contributed by atoms with Gasteiger partial charge in [0.25, 0.3) is 0 Å². The molecule has 0 radical (unpaired) electrons. The fraction of sp³-hybridized carbons (Fsp3) is 0.417. The lowest BCUT2D eigenvalue weighted by atomic mass is 10.1. The second-order valence-corrected chi connectivity index (χ2v) is 4.05. The van der Waals surface area contributed by atoms with Gasteiger partial charge in [-0.15, -0.1) is 0 Å². The lowest BCUT2D eigenvalue weighted by molar-refractivity contribution is -0.122. The van der Waals surface area contributed by atoms with Crippen molar-refractivity contribution < 1.29 is 4.79 Å². The fourth-order valence-electron chi connectivity index (χ4n) is 1.36. The van der Waals surface area contributed by atoms with Gasteiger partial charge in [-0.25, -0.2) is 0 Å². The summed E-state index contributed by atoms with van der Waals surface area (Å²) in [4.78, 5) is 11.4. The van der Waals surface area contributed by atoms with Crippen molar-refractivity contribution in [3.05, 3.63) is 35.4 Å². The highest BCUT2D eigenvalue weighted by Crippen LogP contribution is 2.05. The zero-order valence-electron chi connectivity index (χ0n) is 9.44. The summed E-state index contributed by atoms with van der Waals surface area (Å²) < 4.78 is 0. The van der Waals surface area contributed by atoms with E-state index in [-0.39, 0.29) is 5.91 Å². The van der Waals surface area contributed by atoms with Crippen LogP contribution < -0.4 is 11.1 Å². The summed E-state index contributed by atoms with van der Waals surface area (Å²) in [7, 11) is 0. The second-order valence-electron chi connectivity index (χ2n) is 3.68. The molecular weight excluding hydrogens is 220 g/mol. The number of carbonyl (C=O) groups is 1. The van der Waals surface area contributed by atoms with Crippen LogP contribution >= 0.6 is 12.6 Å². The maximum Gasteiger partial charge on any atom is 0.238 e. The Labute approximate surface area is 102 Å². The van der Waals surface area contributed by atoms with Gasteiger partial charge in [0.1, 0.15) is 0 Å². The van der Waals surface area contributed by atoms with Crippen LogP contribution in [0.25, 0.3) is 0 Å². The molecule has 0 saturated carbocycles. The van der Waals surface area contributed by atoms with E-state index in [0.717, 1.165) is 12.0 Å². The first-order valence-electron chi connectivity index (χ1n) is 5.39. The van der Waals surface area contributed by atoms with Crippen molar-refractivity contribution >= 4 is 18.5 Å². The number of nitrogens with two attached hydrogens (primary N) is 1. The third kappa shape index (κ3) is 3.87. The number of aryl methyl sites for hydroxylation is 1. The van der Waals surface area contributed by atoms with Gasteiger partial charge in [0.2, 0.25) is 5.91 Å². The van der Waals surface area contributed by atoms with Crippen LogP contribution in [0.1, 0.15) is 18.1 Å². The van der Waals surface area contributed by atoms with Crippen LogP contribution in [0, 0.1) is 0 Å². The van der Waals surface area contributed by atoms with E-state index in [1.165, 1.54) is 5.56 Å². The molecule has 3 N–H and O–H groups in total. The molecule has 0 saturated heterocycles. The molecule has 1 rings (SSSR count). The molecule has 1 aromatic carbocycles. The molecule has 0 spiro atoms. The number of hydrogen-bond acceptors (Lipinski definition) is 3. The molecule has 4 heteroatoms. The summed E-state index contributed by atoms with van der Waals surface area (Å²) in [5.41, 5.74) is 7.91. The van der Waals surface area contributed by atoms with Crippen molar-refractivity contribution in [3.63, 3.8) is 0 Å². The van der Waals surface area contributed by atoms with E-state index >= 15 is 0 Å². The highest BCUT2D eigenvalue weighted by Gasteiger charge is 2.10. The monoisotopic (exact) mass is 238 g/mol. The number of benzene rings is 1. The van der Waals surface area contributed by atoms with Crippen LogP contribution in [0.3, 0.4) is 0 Å². The summed E-state index contributed by atoms with van der Waals surface area (Å²) in [6.07, 6.45) is 0.998. The molecule has 1 aromatic rings. The van der Waals surface area contributed by atoms with Crippen LogP contribution in [-0.4, -0.2) is 17.7 Å². The first kappa shape index (κ1) is 13.1. The van der Waals surface area contributed by atoms with E-state index < -0.39 is 6.04 Å². The molecule has 88 valence electrons. The van der Waals surface area contributed by atoms with Crippen LogP contribution in [0.4, 0.5) is 0 Å². The van der Waals surface area contributed by atoms with E-state index in [4.69, 9.17) is 5.73 Å². The molecule has 0 bridgehead atoms. The standard InChI is InChI=1S/C12H18N2OS/c1-2-9-4-3-5-10(6-9)7-14-12(15)11(13)8-16/h3-6,11,16H,2,7-8,13H2,1H3,(H,14,15)/t11-/m1/s1. The van der Waals surface area contributed by atoms with Gasteiger partial charge in [0.05, 0.1) is 6.04 Å². The molecule has 1 atom stereocenters. The molecule has 16 heavy (non-hydrogen) atoms. The zero-order valence-corrected chi connectivity index (χ0v) is 10.3. The van der Waals surface area contributed by atoms with Crippen LogP contribution in [0.2, 0.25) is 0 Å². The molecule has 0 heterocycles. The van der Waals surface area contributed by atoms with Gasteiger partial charge in [-0.05, 0) is 17.5 Å². The molecule has 3 nitrogen and oxygen atoms in total. The van der Waals surface area contributed by atoms with Gasteiger partial charge >= 0.3 is 0 Å². The normalized spacial score (nSPS) is 12.2. The number of carbonyl (C=O) groups excluding carboxylic acids is 1. The Hall–Kier alpha value is -1.00. The van der Waals surface area contributed by atoms with E-state index in [1.807, 2.05) is 12.1 Å². The van der Waals surface area contributed by atoms with Crippen LogP contribution in [-0.2, 0) is 17.8 Å². The molecule has 0 fully saturated rings. The number of hydrogen-bond donors (Lipinski definition) is 3. The fourth-order valence-corrected chi connectivity index (χ4v) is 1.53. The average Bonchev–Trinajstić information content (AvgIpc) is 2.35. The summed E-state index contributed by atoms with van der Waals surface area (Å²) in [5.74, 6) is 0.206. The Bertz CT molecular complexity index is 355. The molecule has 0 aliphatic carbocycles. The first-order valence-corrected chi connectivity index (χ1v) is 6.02. The number of nitrogens with one attached hydrogen (secondary N) is 1. The quantitative estimate of drug-likeness (QED) is 0.673. The summed E-state index contributed by atoms with van der Waals surface area (Å²) in [6.45, 7) is 2.63. The number of rotatable bonds is 5. The predicted octanol–water partition coefficient (Wildman–Crippen LogP) is 1.12. The van der Waals surface area contributed by atoms with Gasteiger partial charge in [-0.1, -0.05) is 31.2 Å². The van der Waals surface area contributed by atoms with Gasteiger partial charge in [0, 0.05) is 12.3 Å². The van der Waals surface area contributed by atoms with Crippen molar-refractivity contribution in [1.29, 1.82) is 0 Å². The third-order valence-corrected chi connectivity index (χ3v) is 2.79. The minimum Gasteiger partial charge on any atom is -0.351 e. The van der Waals surface area contributed by atoms with Crippen LogP contribution in [0.5, 0.6) is 0 Å². The highest BCUT2D eigenvalue weighted by molar-refractivity contribution is 7.80. The van der Waals surface area contributed by atoms with E-state index in [0.29, 0.717) is 12.3 Å². The predicted molar refractivity (Wildman–Crippen MR) is 69.5 cm³/mol. The Morgan fingerprint density at radius 2 is 2.19 bits per heavy atom. The Morgan fingerprint density at radius 1 is 1.50 bits per heavy atom. The smallest absolute Gasteiger partial charge is 0.238 e. The first-order chi connectivity index (χ1) is 7.67. The SMILES string of the molecule is CCc1cccc(CNC(=O)[C@H](N)CS)c1. The molecule has 0 aliphatic heterocycles. The van der Waals surface area contributed by atoms with Crippen molar-refractivity contribution in [3.8, 4) is 0 Å². The Balaban J connectivity index is 2.51. The summed E-state index contributed by atoms with van der Waals surface area (Å²) in [5, 5.41) is 2.79. The van der Waals surface area contributed by atoms with Crippen molar-refractivity contribution in [2.24, 2.45) is 5.73 Å². The van der Waals surface area contributed by atoms with E-state index in [2.05, 4.69) is 37.0 Å². The maximum absolute atomic E-state index is 11.4. The lowest BCUT2D eigenvalue weighted by Gasteiger charge is -2.10. The molecule has 1 amide bonds. The highest BCUT2D eigenvalue weighted by atomic mass is 32.1. The summed E-state index contributed by atoms with van der Waals surface area (Å²) in [6, 6.07) is 7.62. The second kappa shape index (κ2) is 6.55. The molecule has 0 aromatic heterocycles. The number of amides is 1. The van der Waals surface area contributed by atoms with Gasteiger partial charge < -0.3 is 11.1 Å². The molecule has 0 unspecified atom stereocenters. The average molecular weight is 238 g/mol. The maximum atomic E-state index is 11.4. The minimum absolute atomic E-state index is 0.156. The van der Waals surface area contributed by atoms with E-state index in [9.17, 15) is 4.79 Å².